The largest absolute Gasteiger partial charge is 0.458 e. The van der Waals surface area contributed by atoms with Crippen LogP contribution in [-0.4, -0.2) is 28.8 Å². The quantitative estimate of drug-likeness (QED) is 0.843. The smallest absolute Gasteiger partial charge is 0.355 e. The highest BCUT2D eigenvalue weighted by Crippen LogP contribution is 2.40. The standard InChI is InChI=1S/C15H22N2O3/c1-17-10-11(16)8-13(17)14(18)20-12-4-7-19-15(9-12)5-2-3-6-15/h8,10,12H,2-7,9,16H2,1H3. The maximum absolute atomic E-state index is 12.2. The van der Waals surface area contributed by atoms with E-state index < -0.39 is 0 Å². The molecule has 1 saturated heterocycles. The van der Waals surface area contributed by atoms with E-state index in [2.05, 4.69) is 0 Å². The Hall–Kier alpha value is -1.49. The Morgan fingerprint density at radius 3 is 2.90 bits per heavy atom. The first-order valence-electron chi connectivity index (χ1n) is 7.35. The second-order valence-corrected chi connectivity index (χ2v) is 6.03. The summed E-state index contributed by atoms with van der Waals surface area (Å²) < 4.78 is 13.3. The lowest BCUT2D eigenvalue weighted by molar-refractivity contribution is -0.117. The average Bonchev–Trinajstić information content (AvgIpc) is 2.96. The summed E-state index contributed by atoms with van der Waals surface area (Å²) in [5.41, 5.74) is 6.76. The van der Waals surface area contributed by atoms with E-state index in [0.717, 1.165) is 25.7 Å². The number of aryl methyl sites for hydroxylation is 1. The van der Waals surface area contributed by atoms with Gasteiger partial charge in [0.15, 0.2) is 0 Å². The maximum Gasteiger partial charge on any atom is 0.355 e. The van der Waals surface area contributed by atoms with E-state index in [9.17, 15) is 4.79 Å². The second kappa shape index (κ2) is 5.13. The van der Waals surface area contributed by atoms with Crippen LogP contribution in [0.1, 0.15) is 49.0 Å². The van der Waals surface area contributed by atoms with Gasteiger partial charge in [0.2, 0.25) is 0 Å². The first kappa shape index (κ1) is 13.5. The lowest BCUT2D eigenvalue weighted by Gasteiger charge is -2.37. The predicted octanol–water partition coefficient (Wildman–Crippen LogP) is 2.26. The molecule has 1 atom stereocenters. The summed E-state index contributed by atoms with van der Waals surface area (Å²) >= 11 is 0. The van der Waals surface area contributed by atoms with Gasteiger partial charge in [-0.05, 0) is 18.9 Å². The molecule has 20 heavy (non-hydrogen) atoms. The molecular formula is C15H22N2O3. The van der Waals surface area contributed by atoms with Crippen molar-refractivity contribution in [2.45, 2.75) is 50.2 Å². The highest BCUT2D eigenvalue weighted by atomic mass is 16.6. The van der Waals surface area contributed by atoms with Crippen LogP contribution in [0.3, 0.4) is 0 Å². The van der Waals surface area contributed by atoms with E-state index in [0.29, 0.717) is 18.0 Å². The summed E-state index contributed by atoms with van der Waals surface area (Å²) in [5.74, 6) is -0.288. The molecule has 2 heterocycles. The molecule has 1 aliphatic heterocycles. The monoisotopic (exact) mass is 278 g/mol. The van der Waals surface area contributed by atoms with Crippen molar-refractivity contribution in [3.63, 3.8) is 0 Å². The molecule has 1 aromatic heterocycles. The van der Waals surface area contributed by atoms with E-state index in [1.54, 1.807) is 23.9 Å². The van der Waals surface area contributed by atoms with Crippen LogP contribution >= 0.6 is 0 Å². The number of anilines is 1. The normalized spacial score (nSPS) is 24.9. The van der Waals surface area contributed by atoms with Gasteiger partial charge in [0.05, 0.1) is 17.9 Å². The van der Waals surface area contributed by atoms with Gasteiger partial charge in [-0.1, -0.05) is 12.8 Å². The molecule has 2 fully saturated rings. The van der Waals surface area contributed by atoms with Crippen molar-refractivity contribution in [1.82, 2.24) is 4.57 Å². The third kappa shape index (κ3) is 2.54. The highest BCUT2D eigenvalue weighted by molar-refractivity contribution is 5.89. The highest BCUT2D eigenvalue weighted by Gasteiger charge is 2.41. The molecule has 1 aliphatic carbocycles. The molecule has 3 rings (SSSR count). The van der Waals surface area contributed by atoms with Gasteiger partial charge in [-0.2, -0.15) is 0 Å². The molecule has 1 saturated carbocycles. The Balaban J connectivity index is 1.65. The van der Waals surface area contributed by atoms with E-state index in [-0.39, 0.29) is 17.7 Å². The zero-order valence-corrected chi connectivity index (χ0v) is 11.9. The van der Waals surface area contributed by atoms with Crippen LogP contribution in [-0.2, 0) is 16.5 Å². The minimum Gasteiger partial charge on any atom is -0.458 e. The molecule has 2 aliphatic rings. The molecular weight excluding hydrogens is 256 g/mol. The Kier molecular flexibility index (Phi) is 3.46. The van der Waals surface area contributed by atoms with Crippen molar-refractivity contribution >= 4 is 11.7 Å². The fourth-order valence-corrected chi connectivity index (χ4v) is 3.46. The zero-order chi connectivity index (χ0) is 14.2. The van der Waals surface area contributed by atoms with Crippen molar-refractivity contribution in [2.24, 2.45) is 7.05 Å². The van der Waals surface area contributed by atoms with E-state index in [4.69, 9.17) is 15.2 Å². The van der Waals surface area contributed by atoms with Gasteiger partial charge in [0, 0.05) is 26.1 Å². The first-order chi connectivity index (χ1) is 9.58. The SMILES string of the molecule is Cn1cc(N)cc1C(=O)OC1CCOC2(CCCC2)C1. The van der Waals surface area contributed by atoms with E-state index in [1.165, 1.54) is 12.8 Å². The lowest BCUT2D eigenvalue weighted by Crippen LogP contribution is -2.41. The van der Waals surface area contributed by atoms with Crippen LogP contribution in [0, 0.1) is 0 Å². The molecule has 5 heteroatoms. The number of hydrogen-bond donors (Lipinski definition) is 1. The van der Waals surface area contributed by atoms with Gasteiger partial charge in [-0.3, -0.25) is 0 Å². The lowest BCUT2D eigenvalue weighted by atomic mass is 9.90. The number of ether oxygens (including phenoxy) is 2. The number of aromatic nitrogens is 1. The number of esters is 1. The summed E-state index contributed by atoms with van der Waals surface area (Å²) in [5, 5.41) is 0. The van der Waals surface area contributed by atoms with Crippen molar-refractivity contribution in [3.05, 3.63) is 18.0 Å². The number of hydrogen-bond acceptors (Lipinski definition) is 4. The van der Waals surface area contributed by atoms with E-state index >= 15 is 0 Å². The minimum absolute atomic E-state index is 0.0313. The van der Waals surface area contributed by atoms with Gasteiger partial charge in [-0.25, -0.2) is 4.79 Å². The second-order valence-electron chi connectivity index (χ2n) is 6.03. The molecule has 1 aromatic rings. The van der Waals surface area contributed by atoms with Crippen LogP contribution in [0.5, 0.6) is 0 Å². The van der Waals surface area contributed by atoms with Crippen molar-refractivity contribution in [3.8, 4) is 0 Å². The van der Waals surface area contributed by atoms with Crippen LogP contribution in [0.2, 0.25) is 0 Å². The molecule has 5 nitrogen and oxygen atoms in total. The van der Waals surface area contributed by atoms with Crippen LogP contribution in [0.4, 0.5) is 5.69 Å². The van der Waals surface area contributed by atoms with Gasteiger partial charge >= 0.3 is 5.97 Å². The number of carbonyl (C=O) groups excluding carboxylic acids is 1. The zero-order valence-electron chi connectivity index (χ0n) is 11.9. The number of nitrogen functional groups attached to an aromatic ring is 1. The Labute approximate surface area is 119 Å². The molecule has 0 amide bonds. The molecule has 1 unspecified atom stereocenters. The van der Waals surface area contributed by atoms with Crippen LogP contribution in [0.15, 0.2) is 12.3 Å². The maximum atomic E-state index is 12.2. The Morgan fingerprint density at radius 1 is 1.50 bits per heavy atom. The van der Waals surface area contributed by atoms with Gasteiger partial charge < -0.3 is 19.8 Å². The minimum atomic E-state index is -0.288. The molecule has 0 bridgehead atoms. The van der Waals surface area contributed by atoms with Crippen LogP contribution < -0.4 is 5.73 Å². The molecule has 0 radical (unpaired) electrons. The third-order valence-corrected chi connectivity index (χ3v) is 4.47. The fraction of sp³-hybridized carbons (Fsp3) is 0.667. The number of nitrogens with two attached hydrogens (primary N) is 1. The van der Waals surface area contributed by atoms with Crippen LogP contribution in [0.25, 0.3) is 0 Å². The topological polar surface area (TPSA) is 66.5 Å². The predicted molar refractivity (Wildman–Crippen MR) is 75.4 cm³/mol. The van der Waals surface area contributed by atoms with E-state index in [1.807, 2.05) is 0 Å². The number of nitrogens with zero attached hydrogens (tertiary/aromatic N) is 1. The molecule has 1 spiro atoms. The van der Waals surface area contributed by atoms with Gasteiger partial charge in [-0.15, -0.1) is 0 Å². The number of rotatable bonds is 2. The molecule has 110 valence electrons. The average molecular weight is 278 g/mol. The summed E-state index contributed by atoms with van der Waals surface area (Å²) in [4.78, 5) is 12.2. The summed E-state index contributed by atoms with van der Waals surface area (Å²) in [6, 6.07) is 1.66. The Morgan fingerprint density at radius 2 is 2.25 bits per heavy atom. The molecule has 2 N–H and O–H groups in total. The first-order valence-corrected chi connectivity index (χ1v) is 7.35. The van der Waals surface area contributed by atoms with Gasteiger partial charge in [0.1, 0.15) is 11.8 Å². The Bertz CT molecular complexity index is 503. The summed E-state index contributed by atoms with van der Waals surface area (Å²) in [7, 11) is 1.80. The number of carbonyl (C=O) groups is 1. The summed E-state index contributed by atoms with van der Waals surface area (Å²) in [6.07, 6.45) is 7.93. The van der Waals surface area contributed by atoms with Crippen molar-refractivity contribution < 1.29 is 14.3 Å². The summed E-state index contributed by atoms with van der Waals surface area (Å²) in [6.45, 7) is 0.688. The fourth-order valence-electron chi connectivity index (χ4n) is 3.46. The van der Waals surface area contributed by atoms with Crippen molar-refractivity contribution in [2.75, 3.05) is 12.3 Å². The van der Waals surface area contributed by atoms with Crippen molar-refractivity contribution in [1.29, 1.82) is 0 Å². The third-order valence-electron chi connectivity index (χ3n) is 4.47. The molecule has 0 aromatic carbocycles. The van der Waals surface area contributed by atoms with Gasteiger partial charge in [0.25, 0.3) is 0 Å².